The summed E-state index contributed by atoms with van der Waals surface area (Å²) in [5, 5.41) is 0. The fourth-order valence-electron chi connectivity index (χ4n) is 2.38. The van der Waals surface area contributed by atoms with Crippen molar-refractivity contribution in [2.24, 2.45) is 11.3 Å². The molecule has 15 heavy (non-hydrogen) atoms. The summed E-state index contributed by atoms with van der Waals surface area (Å²) in [6.07, 6.45) is 10.6. The lowest BCUT2D eigenvalue weighted by Crippen LogP contribution is -2.27. The van der Waals surface area contributed by atoms with E-state index < -0.39 is 0 Å². The summed E-state index contributed by atoms with van der Waals surface area (Å²) in [5.74, 6) is 0.557. The zero-order valence-electron chi connectivity index (χ0n) is 10.6. The zero-order chi connectivity index (χ0) is 11.5. The van der Waals surface area contributed by atoms with Crippen molar-refractivity contribution in [2.75, 3.05) is 0 Å². The Morgan fingerprint density at radius 3 is 2.67 bits per heavy atom. The molecule has 0 aliphatic heterocycles. The molecule has 1 aliphatic rings. The molecule has 0 amide bonds. The quantitative estimate of drug-likeness (QED) is 0.443. The van der Waals surface area contributed by atoms with Crippen molar-refractivity contribution >= 4 is 0 Å². The van der Waals surface area contributed by atoms with Gasteiger partial charge in [-0.05, 0) is 38.5 Å². The molecule has 0 spiro atoms. The topological polar surface area (TPSA) is 0 Å². The van der Waals surface area contributed by atoms with E-state index in [-0.39, 0.29) is 0 Å². The van der Waals surface area contributed by atoms with Crippen LogP contribution in [-0.2, 0) is 0 Å². The fraction of sp³-hybridized carbons (Fsp3) is 0.600. The summed E-state index contributed by atoms with van der Waals surface area (Å²) >= 11 is 0. The standard InChI is InChI=1S/C15H24/c1-6-12(2)9-10-14-13(3)8-7-11-15(14,4)5/h6,9-10,14H,3,7-8,11H2,1-2,4-5H3/b10-9+,12-6+/t14-/m0/s1. The van der Waals surface area contributed by atoms with Crippen LogP contribution in [0.4, 0.5) is 0 Å². The Labute approximate surface area is 94.8 Å². The molecular formula is C15H24. The normalized spacial score (nSPS) is 27.3. The van der Waals surface area contributed by atoms with Gasteiger partial charge in [0.05, 0.1) is 0 Å². The maximum absolute atomic E-state index is 4.22. The van der Waals surface area contributed by atoms with Gasteiger partial charge < -0.3 is 0 Å². The molecule has 84 valence electrons. The van der Waals surface area contributed by atoms with Gasteiger partial charge in [-0.2, -0.15) is 0 Å². The molecule has 0 nitrogen and oxygen atoms in total. The largest absolute Gasteiger partial charge is 0.0992 e. The summed E-state index contributed by atoms with van der Waals surface area (Å²) in [5.41, 5.74) is 3.13. The second-order valence-electron chi connectivity index (χ2n) is 5.37. The third kappa shape index (κ3) is 3.09. The SMILES string of the molecule is C=C1CCCC(C)(C)[C@H]1/C=C/C(C)=C/C. The summed E-state index contributed by atoms with van der Waals surface area (Å²) in [6, 6.07) is 0. The first kappa shape index (κ1) is 12.3. The van der Waals surface area contributed by atoms with Gasteiger partial charge in [-0.25, -0.2) is 0 Å². The molecule has 1 atom stereocenters. The average molecular weight is 204 g/mol. The van der Waals surface area contributed by atoms with Gasteiger partial charge in [-0.3, -0.25) is 0 Å². The van der Waals surface area contributed by atoms with Crippen molar-refractivity contribution < 1.29 is 0 Å². The zero-order valence-corrected chi connectivity index (χ0v) is 10.6. The summed E-state index contributed by atoms with van der Waals surface area (Å²) < 4.78 is 0. The van der Waals surface area contributed by atoms with Gasteiger partial charge in [-0.1, -0.05) is 49.8 Å². The second kappa shape index (κ2) is 4.83. The highest BCUT2D eigenvalue weighted by Gasteiger charge is 2.32. The molecular weight excluding hydrogens is 180 g/mol. The lowest BCUT2D eigenvalue weighted by atomic mass is 9.66. The molecule has 0 heterocycles. The molecule has 1 rings (SSSR count). The van der Waals surface area contributed by atoms with Crippen molar-refractivity contribution in [3.05, 3.63) is 36.0 Å². The number of hydrogen-bond acceptors (Lipinski definition) is 0. The third-order valence-corrected chi connectivity index (χ3v) is 3.61. The minimum absolute atomic E-state index is 0.389. The van der Waals surface area contributed by atoms with E-state index in [0.717, 1.165) is 0 Å². The van der Waals surface area contributed by atoms with Crippen molar-refractivity contribution in [1.29, 1.82) is 0 Å². The van der Waals surface area contributed by atoms with Gasteiger partial charge in [0.15, 0.2) is 0 Å². The van der Waals surface area contributed by atoms with Crippen molar-refractivity contribution in [3.63, 3.8) is 0 Å². The smallest absolute Gasteiger partial charge is 0.00285 e. The van der Waals surface area contributed by atoms with E-state index in [1.165, 1.54) is 30.4 Å². The summed E-state index contributed by atoms with van der Waals surface area (Å²) in [4.78, 5) is 0. The van der Waals surface area contributed by atoms with Crippen molar-refractivity contribution in [2.45, 2.75) is 47.0 Å². The van der Waals surface area contributed by atoms with Gasteiger partial charge in [0, 0.05) is 5.92 Å². The highest BCUT2D eigenvalue weighted by molar-refractivity contribution is 5.23. The lowest BCUT2D eigenvalue weighted by Gasteiger charge is -2.38. The van der Waals surface area contributed by atoms with Crippen LogP contribution in [0.5, 0.6) is 0 Å². The van der Waals surface area contributed by atoms with Crippen LogP contribution in [0, 0.1) is 11.3 Å². The highest BCUT2D eigenvalue weighted by atomic mass is 14.4. The van der Waals surface area contributed by atoms with Crippen LogP contribution >= 0.6 is 0 Å². The summed E-state index contributed by atoms with van der Waals surface area (Å²) in [7, 11) is 0. The van der Waals surface area contributed by atoms with Gasteiger partial charge in [-0.15, -0.1) is 0 Å². The number of rotatable bonds is 2. The Morgan fingerprint density at radius 2 is 2.13 bits per heavy atom. The Balaban J connectivity index is 2.81. The van der Waals surface area contributed by atoms with Gasteiger partial charge in [0.25, 0.3) is 0 Å². The van der Waals surface area contributed by atoms with Crippen LogP contribution in [0.1, 0.15) is 47.0 Å². The first-order chi connectivity index (χ1) is 6.97. The van der Waals surface area contributed by atoms with Crippen LogP contribution in [0.3, 0.4) is 0 Å². The van der Waals surface area contributed by atoms with E-state index >= 15 is 0 Å². The molecule has 0 saturated heterocycles. The van der Waals surface area contributed by atoms with Gasteiger partial charge >= 0.3 is 0 Å². The van der Waals surface area contributed by atoms with Crippen molar-refractivity contribution in [3.8, 4) is 0 Å². The molecule has 1 saturated carbocycles. The average Bonchev–Trinajstić information content (AvgIpc) is 2.15. The van der Waals surface area contributed by atoms with E-state index in [9.17, 15) is 0 Å². The van der Waals surface area contributed by atoms with Gasteiger partial charge in [0.2, 0.25) is 0 Å². The molecule has 0 N–H and O–H groups in total. The molecule has 0 unspecified atom stereocenters. The van der Waals surface area contributed by atoms with Crippen LogP contribution in [0.15, 0.2) is 36.0 Å². The Hall–Kier alpha value is -0.780. The van der Waals surface area contributed by atoms with Crippen LogP contribution in [-0.4, -0.2) is 0 Å². The first-order valence-corrected chi connectivity index (χ1v) is 5.96. The van der Waals surface area contributed by atoms with Crippen LogP contribution < -0.4 is 0 Å². The molecule has 0 aromatic carbocycles. The predicted molar refractivity (Wildman–Crippen MR) is 68.8 cm³/mol. The number of allylic oxidation sites excluding steroid dienone is 5. The maximum atomic E-state index is 4.22. The lowest BCUT2D eigenvalue weighted by molar-refractivity contribution is 0.228. The Kier molecular flexibility index (Phi) is 3.96. The fourth-order valence-corrected chi connectivity index (χ4v) is 2.38. The second-order valence-corrected chi connectivity index (χ2v) is 5.37. The maximum Gasteiger partial charge on any atom is 0.00285 e. The minimum atomic E-state index is 0.389. The van der Waals surface area contributed by atoms with E-state index in [1.54, 1.807) is 0 Å². The molecule has 0 heteroatoms. The Bertz CT molecular complexity index is 289. The van der Waals surface area contributed by atoms with E-state index in [4.69, 9.17) is 0 Å². The van der Waals surface area contributed by atoms with E-state index in [2.05, 4.69) is 52.5 Å². The number of hydrogen-bond donors (Lipinski definition) is 0. The molecule has 0 bridgehead atoms. The molecule has 1 fully saturated rings. The third-order valence-electron chi connectivity index (χ3n) is 3.61. The highest BCUT2D eigenvalue weighted by Crippen LogP contribution is 2.43. The molecule has 0 aromatic heterocycles. The van der Waals surface area contributed by atoms with Crippen LogP contribution in [0.25, 0.3) is 0 Å². The summed E-state index contributed by atoms with van der Waals surface area (Å²) in [6.45, 7) is 13.2. The Morgan fingerprint density at radius 1 is 1.47 bits per heavy atom. The van der Waals surface area contributed by atoms with E-state index in [1.807, 2.05) is 0 Å². The predicted octanol–water partition coefficient (Wildman–Crippen LogP) is 4.89. The molecule has 0 radical (unpaired) electrons. The monoisotopic (exact) mass is 204 g/mol. The van der Waals surface area contributed by atoms with Crippen molar-refractivity contribution in [1.82, 2.24) is 0 Å². The van der Waals surface area contributed by atoms with Crippen LogP contribution in [0.2, 0.25) is 0 Å². The van der Waals surface area contributed by atoms with E-state index in [0.29, 0.717) is 11.3 Å². The van der Waals surface area contributed by atoms with Gasteiger partial charge in [0.1, 0.15) is 0 Å². The minimum Gasteiger partial charge on any atom is -0.0992 e. The molecule has 0 aromatic rings. The molecule has 1 aliphatic carbocycles. The first-order valence-electron chi connectivity index (χ1n) is 5.96.